The lowest BCUT2D eigenvalue weighted by Crippen LogP contribution is -2.60. The molecule has 1 heterocycles. The number of carboxylic acid groups (broad SMARTS) is 1. The highest BCUT2D eigenvalue weighted by atomic mass is 16.4. The number of urea groups is 1. The molecule has 2 fully saturated rings. The van der Waals surface area contributed by atoms with Gasteiger partial charge in [0.1, 0.15) is 18.1 Å². The molecular weight excluding hydrogens is 466 g/mol. The van der Waals surface area contributed by atoms with E-state index in [0.717, 1.165) is 32.1 Å². The molecule has 1 saturated heterocycles. The van der Waals surface area contributed by atoms with Crippen molar-refractivity contribution in [3.63, 3.8) is 0 Å². The number of carboxylic acids is 1. The van der Waals surface area contributed by atoms with Crippen LogP contribution in [-0.2, 0) is 19.2 Å². The van der Waals surface area contributed by atoms with Crippen LogP contribution in [0.1, 0.15) is 72.6 Å². The van der Waals surface area contributed by atoms with Crippen LogP contribution >= 0.6 is 0 Å². The van der Waals surface area contributed by atoms with Crippen LogP contribution in [0.4, 0.5) is 4.79 Å². The van der Waals surface area contributed by atoms with Crippen molar-refractivity contribution in [2.45, 2.75) is 96.8 Å². The standard InChI is InChI=1S/C25H41N5O6/c1-14(20(26)31)15(2)27-21(32)17-12-9-13-30(17)22(33)18(16-10-7-6-8-11-16)28-24(36)29-19(23(34)35)25(3,4)5/h15-19H,1,6-13H2,2-5H3,(H2,26,31)(H,27,32)(H,34,35)(H2,28,29,36). The van der Waals surface area contributed by atoms with Crippen LogP contribution in [0.5, 0.6) is 0 Å². The molecule has 1 aliphatic carbocycles. The average molecular weight is 508 g/mol. The Morgan fingerprint density at radius 3 is 2.11 bits per heavy atom. The molecule has 202 valence electrons. The molecule has 2 aliphatic rings. The highest BCUT2D eigenvalue weighted by Crippen LogP contribution is 2.29. The Morgan fingerprint density at radius 1 is 0.972 bits per heavy atom. The first-order valence-corrected chi connectivity index (χ1v) is 12.6. The smallest absolute Gasteiger partial charge is 0.326 e. The number of nitrogens with two attached hydrogens (primary N) is 1. The van der Waals surface area contributed by atoms with Crippen molar-refractivity contribution < 1.29 is 29.1 Å². The van der Waals surface area contributed by atoms with Gasteiger partial charge in [-0.1, -0.05) is 46.6 Å². The second-order valence-electron chi connectivity index (χ2n) is 10.9. The van der Waals surface area contributed by atoms with E-state index in [2.05, 4.69) is 22.5 Å². The maximum atomic E-state index is 13.7. The van der Waals surface area contributed by atoms with E-state index in [-0.39, 0.29) is 17.4 Å². The van der Waals surface area contributed by atoms with Gasteiger partial charge < -0.3 is 31.7 Å². The third kappa shape index (κ3) is 7.44. The van der Waals surface area contributed by atoms with Gasteiger partial charge in [0.2, 0.25) is 17.7 Å². The van der Waals surface area contributed by atoms with Crippen molar-refractivity contribution in [2.24, 2.45) is 17.1 Å². The number of carbonyl (C=O) groups is 5. The number of hydrogen-bond donors (Lipinski definition) is 5. The minimum Gasteiger partial charge on any atom is -0.480 e. The second-order valence-corrected chi connectivity index (χ2v) is 10.9. The maximum Gasteiger partial charge on any atom is 0.326 e. The number of nitrogens with one attached hydrogen (secondary N) is 3. The van der Waals surface area contributed by atoms with Gasteiger partial charge in [0.05, 0.1) is 6.04 Å². The molecule has 4 unspecified atom stereocenters. The second kappa shape index (κ2) is 12.2. The largest absolute Gasteiger partial charge is 0.480 e. The normalized spacial score (nSPS) is 21.1. The molecule has 0 aromatic rings. The molecule has 11 nitrogen and oxygen atoms in total. The van der Waals surface area contributed by atoms with Gasteiger partial charge in [0.25, 0.3) is 0 Å². The van der Waals surface area contributed by atoms with Gasteiger partial charge in [-0.15, -0.1) is 0 Å². The molecule has 0 bridgehead atoms. The Balaban J connectivity index is 2.20. The third-order valence-corrected chi connectivity index (χ3v) is 7.10. The summed E-state index contributed by atoms with van der Waals surface area (Å²) < 4.78 is 0. The zero-order valence-electron chi connectivity index (χ0n) is 21.8. The van der Waals surface area contributed by atoms with Crippen LogP contribution in [-0.4, -0.2) is 70.4 Å². The van der Waals surface area contributed by atoms with Gasteiger partial charge in [0.15, 0.2) is 0 Å². The number of likely N-dealkylation sites (tertiary alicyclic amines) is 1. The molecule has 6 N–H and O–H groups in total. The fourth-order valence-corrected chi connectivity index (χ4v) is 4.90. The van der Waals surface area contributed by atoms with Crippen LogP contribution < -0.4 is 21.7 Å². The Morgan fingerprint density at radius 2 is 1.58 bits per heavy atom. The van der Waals surface area contributed by atoms with E-state index in [1.807, 2.05) is 0 Å². The summed E-state index contributed by atoms with van der Waals surface area (Å²) in [5.41, 5.74) is 4.57. The number of rotatable bonds is 9. The molecule has 5 amide bonds. The lowest BCUT2D eigenvalue weighted by molar-refractivity contribution is -0.142. The highest BCUT2D eigenvalue weighted by Gasteiger charge is 2.42. The van der Waals surface area contributed by atoms with E-state index in [1.165, 1.54) is 4.90 Å². The van der Waals surface area contributed by atoms with E-state index >= 15 is 0 Å². The molecule has 0 radical (unpaired) electrons. The first-order chi connectivity index (χ1) is 16.7. The summed E-state index contributed by atoms with van der Waals surface area (Å²) >= 11 is 0. The minimum absolute atomic E-state index is 0.0597. The lowest BCUT2D eigenvalue weighted by atomic mass is 9.83. The van der Waals surface area contributed by atoms with Gasteiger partial charge in [-0.25, -0.2) is 9.59 Å². The van der Waals surface area contributed by atoms with E-state index in [4.69, 9.17) is 5.73 Å². The fourth-order valence-electron chi connectivity index (χ4n) is 4.90. The van der Waals surface area contributed by atoms with Crippen LogP contribution in [0.25, 0.3) is 0 Å². The van der Waals surface area contributed by atoms with Crippen LogP contribution in [0.3, 0.4) is 0 Å². The molecule has 1 saturated carbocycles. The fraction of sp³-hybridized carbons (Fsp3) is 0.720. The summed E-state index contributed by atoms with van der Waals surface area (Å²) in [4.78, 5) is 64.2. The zero-order valence-corrected chi connectivity index (χ0v) is 21.8. The molecule has 0 aromatic heterocycles. The van der Waals surface area contributed by atoms with Crippen molar-refractivity contribution in [2.75, 3.05) is 6.54 Å². The van der Waals surface area contributed by atoms with Crippen LogP contribution in [0, 0.1) is 11.3 Å². The summed E-state index contributed by atoms with van der Waals surface area (Å²) in [5, 5.41) is 17.5. The summed E-state index contributed by atoms with van der Waals surface area (Å²) in [6.07, 6.45) is 5.45. The molecule has 1 aliphatic heterocycles. The van der Waals surface area contributed by atoms with E-state index in [1.54, 1.807) is 27.7 Å². The molecule has 0 spiro atoms. The van der Waals surface area contributed by atoms with Crippen LogP contribution in [0.15, 0.2) is 12.2 Å². The summed E-state index contributed by atoms with van der Waals surface area (Å²) in [6, 6.07) is -4.20. The predicted octanol–water partition coefficient (Wildman–Crippen LogP) is 1.27. The Labute approximate surface area is 212 Å². The number of amides is 5. The maximum absolute atomic E-state index is 13.7. The molecule has 11 heteroatoms. The molecule has 0 aromatic carbocycles. The predicted molar refractivity (Wildman–Crippen MR) is 134 cm³/mol. The lowest BCUT2D eigenvalue weighted by Gasteiger charge is -2.35. The van der Waals surface area contributed by atoms with E-state index < -0.39 is 53.4 Å². The van der Waals surface area contributed by atoms with Crippen molar-refractivity contribution in [1.29, 1.82) is 0 Å². The SMILES string of the molecule is C=C(C(N)=O)C(C)NC(=O)C1CCCN1C(=O)C(NC(=O)NC(C(=O)O)C(C)(C)C)C1CCCCC1. The summed E-state index contributed by atoms with van der Waals surface area (Å²) in [6.45, 7) is 10.7. The topological polar surface area (TPSA) is 171 Å². The van der Waals surface area contributed by atoms with Crippen molar-refractivity contribution in [3.05, 3.63) is 12.2 Å². The van der Waals surface area contributed by atoms with Crippen molar-refractivity contribution in [1.82, 2.24) is 20.9 Å². The molecular formula is C25H41N5O6. The Hall–Kier alpha value is -3.11. The third-order valence-electron chi connectivity index (χ3n) is 7.10. The summed E-state index contributed by atoms with van der Waals surface area (Å²) in [7, 11) is 0. The number of hydrogen-bond acceptors (Lipinski definition) is 5. The number of nitrogens with zero attached hydrogens (tertiary/aromatic N) is 1. The highest BCUT2D eigenvalue weighted by molar-refractivity contribution is 5.95. The first kappa shape index (κ1) is 29.1. The molecule has 2 rings (SSSR count). The Bertz CT molecular complexity index is 877. The van der Waals surface area contributed by atoms with Gasteiger partial charge in [0, 0.05) is 12.1 Å². The number of aliphatic carboxylic acids is 1. The first-order valence-electron chi connectivity index (χ1n) is 12.6. The van der Waals surface area contributed by atoms with Crippen molar-refractivity contribution >= 4 is 29.7 Å². The quantitative estimate of drug-likeness (QED) is 0.294. The molecule has 36 heavy (non-hydrogen) atoms. The van der Waals surface area contributed by atoms with Gasteiger partial charge >= 0.3 is 12.0 Å². The number of primary amides is 1. The van der Waals surface area contributed by atoms with Gasteiger partial charge in [-0.3, -0.25) is 14.4 Å². The molecule has 4 atom stereocenters. The van der Waals surface area contributed by atoms with Gasteiger partial charge in [-0.2, -0.15) is 0 Å². The number of carbonyl (C=O) groups excluding carboxylic acids is 4. The van der Waals surface area contributed by atoms with Crippen LogP contribution in [0.2, 0.25) is 0 Å². The van der Waals surface area contributed by atoms with E-state index in [9.17, 15) is 29.1 Å². The van der Waals surface area contributed by atoms with Gasteiger partial charge in [-0.05, 0) is 43.9 Å². The monoisotopic (exact) mass is 507 g/mol. The van der Waals surface area contributed by atoms with E-state index in [0.29, 0.717) is 19.4 Å². The average Bonchev–Trinajstić information content (AvgIpc) is 3.29. The Kier molecular flexibility index (Phi) is 9.89. The minimum atomic E-state index is -1.17. The zero-order chi connectivity index (χ0) is 27.2. The summed E-state index contributed by atoms with van der Waals surface area (Å²) in [5.74, 6) is -2.78. The van der Waals surface area contributed by atoms with Crippen molar-refractivity contribution in [3.8, 4) is 0 Å².